The maximum atomic E-state index is 7.67. The van der Waals surface area contributed by atoms with Crippen molar-refractivity contribution >= 4 is 33.8 Å². The third-order valence-corrected chi connectivity index (χ3v) is 5.73. The Kier molecular flexibility index (Phi) is 2.06. The van der Waals surface area contributed by atoms with Crippen molar-refractivity contribution in [1.29, 1.82) is 0 Å². The SMILES string of the molecule is [2H]C([2H])([2H])c1ncccc1-c1cc2[se]c3ccccc3c2cn1. The molecule has 2 nitrogen and oxygen atoms in total. The molecular formula is C17H12N2Se. The van der Waals surface area contributed by atoms with Crippen LogP contribution in [0.15, 0.2) is 54.9 Å². The fourth-order valence-electron chi connectivity index (χ4n) is 2.38. The number of fused-ring (bicyclic) bond motifs is 3. The van der Waals surface area contributed by atoms with E-state index in [-0.39, 0.29) is 20.2 Å². The van der Waals surface area contributed by atoms with Crippen LogP contribution in [0.4, 0.5) is 0 Å². The van der Waals surface area contributed by atoms with E-state index in [4.69, 9.17) is 4.11 Å². The van der Waals surface area contributed by atoms with E-state index in [9.17, 15) is 0 Å². The van der Waals surface area contributed by atoms with Gasteiger partial charge in [-0.1, -0.05) is 0 Å². The Hall–Kier alpha value is -1.96. The number of rotatable bonds is 1. The summed E-state index contributed by atoms with van der Waals surface area (Å²) >= 11 is 0.228. The standard InChI is InChI=1S/C17H12N2Se/c1-11-12(6-4-8-18-11)15-9-17-14(10-19-15)13-5-2-3-7-16(13)20-17/h2-10H,1H3/i1D3. The summed E-state index contributed by atoms with van der Waals surface area (Å²) in [5.74, 6) is 0. The molecule has 0 atom stereocenters. The number of hydrogen-bond donors (Lipinski definition) is 0. The molecule has 0 radical (unpaired) electrons. The van der Waals surface area contributed by atoms with E-state index in [1.54, 1.807) is 12.1 Å². The molecular weight excluding hydrogens is 311 g/mol. The van der Waals surface area contributed by atoms with Gasteiger partial charge < -0.3 is 0 Å². The molecule has 0 saturated carbocycles. The normalized spacial score (nSPS) is 14.1. The zero-order valence-corrected chi connectivity index (χ0v) is 12.2. The fourth-order valence-corrected chi connectivity index (χ4v) is 4.72. The number of benzene rings is 1. The first kappa shape index (κ1) is 9.06. The van der Waals surface area contributed by atoms with Crippen molar-refractivity contribution in [3.05, 3.63) is 60.6 Å². The van der Waals surface area contributed by atoms with Crippen molar-refractivity contribution in [2.75, 3.05) is 0 Å². The summed E-state index contributed by atoms with van der Waals surface area (Å²) in [5, 5.41) is 2.40. The predicted octanol–water partition coefficient (Wildman–Crippen LogP) is 3.82. The molecule has 20 heavy (non-hydrogen) atoms. The molecule has 0 aliphatic heterocycles. The van der Waals surface area contributed by atoms with E-state index < -0.39 is 6.85 Å². The summed E-state index contributed by atoms with van der Waals surface area (Å²) in [6.45, 7) is -2.24. The topological polar surface area (TPSA) is 25.8 Å². The number of aryl methyl sites for hydroxylation is 1. The van der Waals surface area contributed by atoms with Gasteiger partial charge in [0.15, 0.2) is 0 Å². The van der Waals surface area contributed by atoms with Gasteiger partial charge in [0.1, 0.15) is 0 Å². The van der Waals surface area contributed by atoms with Gasteiger partial charge in [-0.3, -0.25) is 0 Å². The van der Waals surface area contributed by atoms with E-state index in [2.05, 4.69) is 28.2 Å². The number of hydrogen-bond acceptors (Lipinski definition) is 2. The first-order valence-electron chi connectivity index (χ1n) is 7.77. The van der Waals surface area contributed by atoms with Crippen LogP contribution in [-0.2, 0) is 0 Å². The molecule has 0 aliphatic carbocycles. The second kappa shape index (κ2) is 4.55. The molecule has 0 amide bonds. The Balaban J connectivity index is 1.96. The molecule has 3 heteroatoms. The Morgan fingerprint density at radius 2 is 1.95 bits per heavy atom. The third kappa shape index (κ3) is 1.79. The van der Waals surface area contributed by atoms with Gasteiger partial charge in [-0.15, -0.1) is 0 Å². The van der Waals surface area contributed by atoms with E-state index in [1.165, 1.54) is 20.1 Å². The zero-order valence-electron chi connectivity index (χ0n) is 13.5. The summed E-state index contributed by atoms with van der Waals surface area (Å²) in [6.07, 6.45) is 3.37. The van der Waals surface area contributed by atoms with Crippen LogP contribution in [0.2, 0.25) is 0 Å². The molecule has 3 heterocycles. The van der Waals surface area contributed by atoms with Gasteiger partial charge >= 0.3 is 127 Å². The molecule has 0 N–H and O–H groups in total. The van der Waals surface area contributed by atoms with Crippen molar-refractivity contribution in [3.8, 4) is 11.3 Å². The molecule has 0 aliphatic rings. The fraction of sp³-hybridized carbons (Fsp3) is 0.0588. The maximum absolute atomic E-state index is 7.67. The molecule has 3 aromatic heterocycles. The summed E-state index contributed by atoms with van der Waals surface area (Å²) in [5.41, 5.74) is 1.37. The monoisotopic (exact) mass is 327 g/mol. The Labute approximate surface area is 127 Å². The van der Waals surface area contributed by atoms with Gasteiger partial charge in [0.2, 0.25) is 0 Å². The summed E-state index contributed by atoms with van der Waals surface area (Å²) < 4.78 is 25.6. The van der Waals surface area contributed by atoms with Crippen molar-refractivity contribution in [2.24, 2.45) is 0 Å². The summed E-state index contributed by atoms with van der Waals surface area (Å²) in [7, 11) is 0. The van der Waals surface area contributed by atoms with Crippen LogP contribution in [0.25, 0.3) is 30.6 Å². The van der Waals surface area contributed by atoms with Crippen molar-refractivity contribution in [1.82, 2.24) is 9.97 Å². The van der Waals surface area contributed by atoms with E-state index in [0.29, 0.717) is 11.3 Å². The quantitative estimate of drug-likeness (QED) is 0.497. The molecule has 4 rings (SSSR count). The first-order valence-corrected chi connectivity index (χ1v) is 7.98. The molecule has 0 fully saturated rings. The number of aromatic nitrogens is 2. The summed E-state index contributed by atoms with van der Waals surface area (Å²) in [6, 6.07) is 13.9. The number of nitrogens with zero attached hydrogens (tertiary/aromatic N) is 2. The van der Waals surface area contributed by atoms with Crippen LogP contribution in [0.1, 0.15) is 9.81 Å². The average molecular weight is 326 g/mol. The Bertz CT molecular complexity index is 1020. The molecule has 4 aromatic rings. The van der Waals surface area contributed by atoms with Gasteiger partial charge in [-0.2, -0.15) is 0 Å². The first-order chi connectivity index (χ1) is 11.0. The van der Waals surface area contributed by atoms with Gasteiger partial charge in [-0.05, 0) is 0 Å². The summed E-state index contributed by atoms with van der Waals surface area (Å²) in [4.78, 5) is 8.58. The van der Waals surface area contributed by atoms with Gasteiger partial charge in [0.25, 0.3) is 0 Å². The number of pyridine rings is 2. The second-order valence-electron chi connectivity index (χ2n) is 4.56. The van der Waals surface area contributed by atoms with E-state index in [1.807, 2.05) is 18.3 Å². The zero-order chi connectivity index (χ0) is 16.0. The third-order valence-electron chi connectivity index (χ3n) is 3.35. The predicted molar refractivity (Wildman–Crippen MR) is 84.2 cm³/mol. The van der Waals surface area contributed by atoms with Crippen molar-refractivity contribution in [3.63, 3.8) is 0 Å². The minimum atomic E-state index is -2.24. The Morgan fingerprint density at radius 3 is 2.90 bits per heavy atom. The molecule has 0 saturated heterocycles. The van der Waals surface area contributed by atoms with Crippen LogP contribution >= 0.6 is 0 Å². The van der Waals surface area contributed by atoms with Crippen LogP contribution < -0.4 is 0 Å². The molecule has 0 unspecified atom stereocenters. The van der Waals surface area contributed by atoms with E-state index >= 15 is 0 Å². The van der Waals surface area contributed by atoms with Crippen molar-refractivity contribution in [2.45, 2.75) is 6.85 Å². The molecule has 0 bridgehead atoms. The molecule has 0 spiro atoms. The second-order valence-corrected chi connectivity index (χ2v) is 6.84. The van der Waals surface area contributed by atoms with Gasteiger partial charge in [-0.25, -0.2) is 0 Å². The van der Waals surface area contributed by atoms with Crippen molar-refractivity contribution < 1.29 is 4.11 Å². The molecule has 96 valence electrons. The minimum absolute atomic E-state index is 0.107. The van der Waals surface area contributed by atoms with Gasteiger partial charge in [0, 0.05) is 0 Å². The van der Waals surface area contributed by atoms with Crippen LogP contribution in [-0.4, -0.2) is 24.5 Å². The van der Waals surface area contributed by atoms with Crippen LogP contribution in [0, 0.1) is 6.85 Å². The van der Waals surface area contributed by atoms with Crippen LogP contribution in [0.3, 0.4) is 0 Å². The molecule has 1 aromatic carbocycles. The van der Waals surface area contributed by atoms with Gasteiger partial charge in [0.05, 0.1) is 0 Å². The Morgan fingerprint density at radius 1 is 1.00 bits per heavy atom. The van der Waals surface area contributed by atoms with E-state index in [0.717, 1.165) is 5.39 Å². The average Bonchev–Trinajstić information content (AvgIpc) is 2.91. The van der Waals surface area contributed by atoms with Crippen LogP contribution in [0.5, 0.6) is 0 Å².